The average molecular weight is 497 g/mol. The molecular formula is C25H36O10. The number of carboxylic acid groups (broad SMARTS) is 1. The standard InChI is InChI=1S/C25H36O10/c1-15(26)19(32-6)11-10-18(27)23-20(34-25(2,3)35-23)9-7-8-16-12-17(31-5)13-21(33-14-30-4)22(16)24(28)29/h7-8,10-13,15,18-20,23,26-27H,9,14H2,1-6H3,(H,28,29)/b8-7+,11-10-/t15-,18?,19+,20-,23+/m0/s1. The fraction of sp³-hybridized carbons (Fsp3) is 0.560. The van der Waals surface area contributed by atoms with Gasteiger partial charge < -0.3 is 43.7 Å². The molecule has 1 fully saturated rings. The normalized spacial score (nSPS) is 22.4. The zero-order chi connectivity index (χ0) is 26.2. The summed E-state index contributed by atoms with van der Waals surface area (Å²) in [6, 6.07) is 3.07. The summed E-state index contributed by atoms with van der Waals surface area (Å²) in [6.45, 7) is 4.97. The lowest BCUT2D eigenvalue weighted by Gasteiger charge is -2.21. The Morgan fingerprint density at radius 3 is 2.46 bits per heavy atom. The predicted octanol–water partition coefficient (Wildman–Crippen LogP) is 2.61. The largest absolute Gasteiger partial charge is 0.497 e. The number of ether oxygens (including phenoxy) is 6. The first-order valence-corrected chi connectivity index (χ1v) is 11.2. The maximum Gasteiger partial charge on any atom is 0.340 e. The zero-order valence-corrected chi connectivity index (χ0v) is 21.0. The molecule has 1 aromatic rings. The molecule has 0 amide bonds. The van der Waals surface area contributed by atoms with E-state index in [2.05, 4.69) is 0 Å². The monoisotopic (exact) mass is 496 g/mol. The summed E-state index contributed by atoms with van der Waals surface area (Å²) in [5.74, 6) is -1.55. The third-order valence-electron chi connectivity index (χ3n) is 5.36. The van der Waals surface area contributed by atoms with Crippen LogP contribution in [-0.2, 0) is 18.9 Å². The second-order valence-corrected chi connectivity index (χ2v) is 8.54. The molecule has 1 aliphatic heterocycles. The smallest absolute Gasteiger partial charge is 0.340 e. The lowest BCUT2D eigenvalue weighted by atomic mass is 10.0. The molecule has 0 aromatic heterocycles. The Kier molecular flexibility index (Phi) is 10.7. The van der Waals surface area contributed by atoms with Crippen molar-refractivity contribution in [3.63, 3.8) is 0 Å². The van der Waals surface area contributed by atoms with Crippen LogP contribution in [0.1, 0.15) is 43.1 Å². The number of methoxy groups -OCH3 is 3. The van der Waals surface area contributed by atoms with Gasteiger partial charge in [0, 0.05) is 20.3 Å². The molecule has 1 heterocycles. The molecule has 1 saturated heterocycles. The first-order chi connectivity index (χ1) is 16.5. The van der Waals surface area contributed by atoms with E-state index in [1.165, 1.54) is 33.5 Å². The molecule has 10 nitrogen and oxygen atoms in total. The van der Waals surface area contributed by atoms with Crippen LogP contribution in [-0.4, -0.2) is 85.7 Å². The molecular weight excluding hydrogens is 460 g/mol. The van der Waals surface area contributed by atoms with E-state index in [-0.39, 0.29) is 18.1 Å². The van der Waals surface area contributed by atoms with Crippen LogP contribution in [0.2, 0.25) is 0 Å². The number of aromatic carboxylic acids is 1. The van der Waals surface area contributed by atoms with Crippen LogP contribution in [0.3, 0.4) is 0 Å². The average Bonchev–Trinajstić information content (AvgIpc) is 3.11. The van der Waals surface area contributed by atoms with Gasteiger partial charge in [0.05, 0.1) is 19.3 Å². The third kappa shape index (κ3) is 8.03. The van der Waals surface area contributed by atoms with Gasteiger partial charge in [-0.1, -0.05) is 24.3 Å². The van der Waals surface area contributed by atoms with Gasteiger partial charge in [-0.3, -0.25) is 0 Å². The maximum atomic E-state index is 11.9. The molecule has 0 spiro atoms. The molecule has 35 heavy (non-hydrogen) atoms. The fourth-order valence-electron chi connectivity index (χ4n) is 3.76. The Labute approximate surface area is 205 Å². The van der Waals surface area contributed by atoms with Crippen LogP contribution in [0.4, 0.5) is 0 Å². The van der Waals surface area contributed by atoms with Gasteiger partial charge in [-0.05, 0) is 38.8 Å². The molecule has 0 bridgehead atoms. The molecule has 10 heteroatoms. The molecule has 1 aliphatic rings. The first kappa shape index (κ1) is 28.8. The lowest BCUT2D eigenvalue weighted by Crippen LogP contribution is -2.34. The lowest BCUT2D eigenvalue weighted by molar-refractivity contribution is -0.152. The van der Waals surface area contributed by atoms with Gasteiger partial charge in [-0.2, -0.15) is 0 Å². The number of aliphatic hydroxyl groups excluding tert-OH is 2. The van der Waals surface area contributed by atoms with Crippen molar-refractivity contribution in [2.24, 2.45) is 0 Å². The Morgan fingerprint density at radius 2 is 1.89 bits per heavy atom. The second-order valence-electron chi connectivity index (χ2n) is 8.54. The maximum absolute atomic E-state index is 11.9. The second kappa shape index (κ2) is 13.0. The van der Waals surface area contributed by atoms with Gasteiger partial charge in [0.2, 0.25) is 0 Å². The van der Waals surface area contributed by atoms with Crippen molar-refractivity contribution >= 4 is 12.0 Å². The molecule has 0 aliphatic carbocycles. The highest BCUT2D eigenvalue weighted by Gasteiger charge is 2.43. The van der Waals surface area contributed by atoms with E-state index in [1.807, 2.05) is 0 Å². The number of rotatable bonds is 13. The quantitative estimate of drug-likeness (QED) is 0.276. The van der Waals surface area contributed by atoms with Crippen molar-refractivity contribution < 1.29 is 48.5 Å². The van der Waals surface area contributed by atoms with Crippen molar-refractivity contribution in [3.05, 3.63) is 41.5 Å². The molecule has 2 rings (SSSR count). The predicted molar refractivity (Wildman–Crippen MR) is 128 cm³/mol. The van der Waals surface area contributed by atoms with E-state index < -0.39 is 42.3 Å². The molecule has 3 N–H and O–H groups in total. The summed E-state index contributed by atoms with van der Waals surface area (Å²) in [6.07, 6.45) is 3.24. The van der Waals surface area contributed by atoms with Crippen LogP contribution in [0.15, 0.2) is 30.4 Å². The van der Waals surface area contributed by atoms with E-state index >= 15 is 0 Å². The number of benzene rings is 1. The molecule has 0 saturated carbocycles. The SMILES string of the molecule is COCOc1cc(OC)cc(/C=C/C[C@@H]2OC(C)(C)O[C@@H]2C(O)/C=C\[C@@H](OC)[C@H](C)O)c1C(=O)O. The number of aliphatic hydroxyl groups is 2. The number of carboxylic acids is 1. The summed E-state index contributed by atoms with van der Waals surface area (Å²) in [5, 5.41) is 30.2. The highest BCUT2D eigenvalue weighted by molar-refractivity contribution is 5.95. The highest BCUT2D eigenvalue weighted by atomic mass is 16.8. The number of carbonyl (C=O) groups is 1. The highest BCUT2D eigenvalue weighted by Crippen LogP contribution is 2.34. The topological polar surface area (TPSA) is 133 Å². The van der Waals surface area contributed by atoms with Gasteiger partial charge in [-0.15, -0.1) is 0 Å². The molecule has 1 aromatic carbocycles. The fourth-order valence-corrected chi connectivity index (χ4v) is 3.76. The van der Waals surface area contributed by atoms with Crippen molar-refractivity contribution in [2.45, 2.75) is 63.5 Å². The summed E-state index contributed by atoms with van der Waals surface area (Å²) in [4.78, 5) is 11.9. The summed E-state index contributed by atoms with van der Waals surface area (Å²) in [7, 11) is 4.38. The minimum absolute atomic E-state index is 0.0359. The molecule has 196 valence electrons. The van der Waals surface area contributed by atoms with Crippen LogP contribution < -0.4 is 9.47 Å². The minimum Gasteiger partial charge on any atom is -0.497 e. The molecule has 1 unspecified atom stereocenters. The van der Waals surface area contributed by atoms with Gasteiger partial charge in [0.15, 0.2) is 12.6 Å². The van der Waals surface area contributed by atoms with Crippen molar-refractivity contribution in [1.29, 1.82) is 0 Å². The number of hydrogen-bond acceptors (Lipinski definition) is 9. The molecule has 0 radical (unpaired) electrons. The van der Waals surface area contributed by atoms with Crippen LogP contribution >= 0.6 is 0 Å². The van der Waals surface area contributed by atoms with Gasteiger partial charge in [-0.25, -0.2) is 4.79 Å². The van der Waals surface area contributed by atoms with Gasteiger partial charge >= 0.3 is 5.97 Å². The van der Waals surface area contributed by atoms with Crippen LogP contribution in [0.5, 0.6) is 11.5 Å². The van der Waals surface area contributed by atoms with Crippen molar-refractivity contribution in [3.8, 4) is 11.5 Å². The summed E-state index contributed by atoms with van der Waals surface area (Å²) in [5.41, 5.74) is 0.337. The van der Waals surface area contributed by atoms with Crippen LogP contribution in [0.25, 0.3) is 6.08 Å². The number of hydrogen-bond donors (Lipinski definition) is 3. The van der Waals surface area contributed by atoms with Gasteiger partial charge in [0.1, 0.15) is 35.4 Å². The minimum atomic E-state index is -1.16. The van der Waals surface area contributed by atoms with E-state index in [0.29, 0.717) is 17.7 Å². The van der Waals surface area contributed by atoms with Gasteiger partial charge in [0.25, 0.3) is 0 Å². The first-order valence-electron chi connectivity index (χ1n) is 11.2. The summed E-state index contributed by atoms with van der Waals surface area (Å²) < 4.78 is 32.7. The van der Waals surface area contributed by atoms with Crippen LogP contribution in [0, 0.1) is 0 Å². The Balaban J connectivity index is 2.25. The van der Waals surface area contributed by atoms with E-state index in [4.69, 9.17) is 28.4 Å². The molecule has 5 atom stereocenters. The van der Waals surface area contributed by atoms with Crippen molar-refractivity contribution in [1.82, 2.24) is 0 Å². The van der Waals surface area contributed by atoms with E-state index in [0.717, 1.165) is 0 Å². The summed E-state index contributed by atoms with van der Waals surface area (Å²) >= 11 is 0. The Morgan fingerprint density at radius 1 is 1.17 bits per heavy atom. The Hall–Kier alpha value is -2.47. The Bertz CT molecular complexity index is 892. The zero-order valence-electron chi connectivity index (χ0n) is 21.0. The van der Waals surface area contributed by atoms with E-state index in [1.54, 1.807) is 45.1 Å². The van der Waals surface area contributed by atoms with E-state index in [9.17, 15) is 20.1 Å². The third-order valence-corrected chi connectivity index (χ3v) is 5.36. The van der Waals surface area contributed by atoms with Crippen molar-refractivity contribution in [2.75, 3.05) is 28.1 Å².